The van der Waals surface area contributed by atoms with E-state index in [4.69, 9.17) is 9.63 Å². The number of aliphatic carboxylic acids is 1. The molecule has 2 atom stereocenters. The number of carbonyl (C=O) groups excluding carboxylic acids is 1. The zero-order chi connectivity index (χ0) is 16.6. The van der Waals surface area contributed by atoms with Crippen LogP contribution in [0, 0.1) is 0 Å². The van der Waals surface area contributed by atoms with E-state index in [1.807, 2.05) is 18.2 Å². The number of hydrogen-bond acceptors (Lipinski definition) is 4. The molecule has 0 spiro atoms. The monoisotopic (exact) mass is 327 g/mol. The lowest BCUT2D eigenvalue weighted by Gasteiger charge is -2.17. The van der Waals surface area contributed by atoms with Gasteiger partial charge < -0.3 is 14.9 Å². The highest BCUT2D eigenvalue weighted by molar-refractivity contribution is 7.58. The van der Waals surface area contributed by atoms with E-state index in [1.165, 1.54) is 6.66 Å². The normalized spacial score (nSPS) is 14.8. The lowest BCUT2D eigenvalue weighted by molar-refractivity contribution is -0.141. The molecule has 1 amide bonds. The van der Waals surface area contributed by atoms with Gasteiger partial charge in [-0.2, -0.15) is 0 Å². The van der Waals surface area contributed by atoms with Crippen molar-refractivity contribution in [2.75, 3.05) is 19.4 Å². The van der Waals surface area contributed by atoms with E-state index in [0.29, 0.717) is 6.61 Å². The Bertz CT molecular complexity index is 546. The van der Waals surface area contributed by atoms with Crippen LogP contribution < -0.4 is 5.32 Å². The molecule has 6 nitrogen and oxygen atoms in total. The summed E-state index contributed by atoms with van der Waals surface area (Å²) in [6, 6.07) is 7.99. The van der Waals surface area contributed by atoms with E-state index in [1.54, 1.807) is 19.1 Å². The minimum Gasteiger partial charge on any atom is -0.480 e. The molecule has 1 rings (SSSR count). The van der Waals surface area contributed by atoms with Gasteiger partial charge in [0.15, 0.2) is 7.37 Å². The van der Waals surface area contributed by atoms with Crippen molar-refractivity contribution in [3.63, 3.8) is 0 Å². The Morgan fingerprint density at radius 3 is 2.50 bits per heavy atom. The molecule has 7 heteroatoms. The van der Waals surface area contributed by atoms with Gasteiger partial charge in [-0.15, -0.1) is 0 Å². The largest absolute Gasteiger partial charge is 0.480 e. The van der Waals surface area contributed by atoms with Crippen molar-refractivity contribution in [3.05, 3.63) is 35.9 Å². The Morgan fingerprint density at radius 1 is 1.32 bits per heavy atom. The summed E-state index contributed by atoms with van der Waals surface area (Å²) in [5.74, 6) is -1.51. The number of amides is 1. The molecule has 22 heavy (non-hydrogen) atoms. The molecule has 0 aromatic heterocycles. The third kappa shape index (κ3) is 6.87. The van der Waals surface area contributed by atoms with Crippen molar-refractivity contribution >= 4 is 19.2 Å². The summed E-state index contributed by atoms with van der Waals surface area (Å²) in [6.45, 7) is 3.51. The van der Waals surface area contributed by atoms with E-state index in [2.05, 4.69) is 5.32 Å². The van der Waals surface area contributed by atoms with Gasteiger partial charge in [-0.1, -0.05) is 30.3 Å². The number of carboxylic acid groups (broad SMARTS) is 1. The Hall–Kier alpha value is -1.65. The zero-order valence-electron chi connectivity index (χ0n) is 12.8. The van der Waals surface area contributed by atoms with Gasteiger partial charge >= 0.3 is 5.97 Å². The maximum absolute atomic E-state index is 12.0. The highest BCUT2D eigenvalue weighted by Gasteiger charge is 2.24. The van der Waals surface area contributed by atoms with Crippen LogP contribution in [0.15, 0.2) is 30.3 Å². The Labute approximate surface area is 130 Å². The number of carboxylic acids is 1. The van der Waals surface area contributed by atoms with E-state index < -0.39 is 19.4 Å². The molecule has 0 bridgehead atoms. The highest BCUT2D eigenvalue weighted by Crippen LogP contribution is 2.43. The molecule has 0 saturated heterocycles. The van der Waals surface area contributed by atoms with Crippen molar-refractivity contribution in [2.24, 2.45) is 0 Å². The number of carbonyl (C=O) groups is 2. The van der Waals surface area contributed by atoms with Crippen LogP contribution in [0.1, 0.15) is 18.9 Å². The maximum Gasteiger partial charge on any atom is 0.326 e. The van der Waals surface area contributed by atoms with Crippen LogP contribution in [0.2, 0.25) is 0 Å². The molecule has 0 aliphatic heterocycles. The molecule has 2 unspecified atom stereocenters. The quantitative estimate of drug-likeness (QED) is 0.678. The molecule has 1 aromatic carbocycles. The van der Waals surface area contributed by atoms with E-state index >= 15 is 0 Å². The number of nitrogens with one attached hydrogen (secondary N) is 1. The topological polar surface area (TPSA) is 92.7 Å². The predicted molar refractivity (Wildman–Crippen MR) is 84.4 cm³/mol. The van der Waals surface area contributed by atoms with Crippen LogP contribution in [-0.4, -0.2) is 42.5 Å². The van der Waals surface area contributed by atoms with Crippen molar-refractivity contribution < 1.29 is 23.8 Å². The van der Waals surface area contributed by atoms with Gasteiger partial charge in [-0.25, -0.2) is 4.79 Å². The van der Waals surface area contributed by atoms with Crippen LogP contribution in [0.5, 0.6) is 0 Å². The second kappa shape index (κ2) is 8.71. The molecule has 122 valence electrons. The van der Waals surface area contributed by atoms with Gasteiger partial charge in [0.25, 0.3) is 0 Å². The molecular weight excluding hydrogens is 305 g/mol. The molecule has 1 aromatic rings. The molecule has 0 saturated carbocycles. The fourth-order valence-corrected chi connectivity index (χ4v) is 3.39. The van der Waals surface area contributed by atoms with Crippen LogP contribution in [-0.2, 0) is 25.1 Å². The molecule has 0 aliphatic carbocycles. The number of rotatable bonds is 9. The smallest absolute Gasteiger partial charge is 0.326 e. The fraction of sp³-hybridized carbons (Fsp3) is 0.467. The average Bonchev–Trinajstić information content (AvgIpc) is 2.44. The lowest BCUT2D eigenvalue weighted by Crippen LogP contribution is -2.42. The SMILES string of the molecule is CCOP(C)(=O)CCC(NC(=O)Cc1ccccc1)C(=O)O. The van der Waals surface area contributed by atoms with Gasteiger partial charge in [0, 0.05) is 12.8 Å². The minimum atomic E-state index is -2.81. The molecule has 0 aliphatic rings. The van der Waals surface area contributed by atoms with Crippen molar-refractivity contribution in [2.45, 2.75) is 25.8 Å². The van der Waals surface area contributed by atoms with E-state index in [-0.39, 0.29) is 24.9 Å². The molecule has 0 fully saturated rings. The Morgan fingerprint density at radius 2 is 1.95 bits per heavy atom. The summed E-state index contributed by atoms with van der Waals surface area (Å²) >= 11 is 0. The summed E-state index contributed by atoms with van der Waals surface area (Å²) in [5.41, 5.74) is 0.805. The zero-order valence-corrected chi connectivity index (χ0v) is 13.7. The third-order valence-corrected chi connectivity index (χ3v) is 4.94. The van der Waals surface area contributed by atoms with Gasteiger partial charge in [0.05, 0.1) is 13.0 Å². The van der Waals surface area contributed by atoms with E-state index in [9.17, 15) is 14.2 Å². The van der Waals surface area contributed by atoms with Crippen molar-refractivity contribution in [1.29, 1.82) is 0 Å². The molecule has 0 radical (unpaired) electrons. The summed E-state index contributed by atoms with van der Waals surface area (Å²) in [7, 11) is -2.81. The Kier molecular flexibility index (Phi) is 7.28. The third-order valence-electron chi connectivity index (χ3n) is 3.07. The van der Waals surface area contributed by atoms with Crippen molar-refractivity contribution in [3.8, 4) is 0 Å². The van der Waals surface area contributed by atoms with Gasteiger partial charge in [0.1, 0.15) is 6.04 Å². The highest BCUT2D eigenvalue weighted by atomic mass is 31.2. The summed E-state index contributed by atoms with van der Waals surface area (Å²) in [6.07, 6.45) is 0.299. The number of hydrogen-bond donors (Lipinski definition) is 2. The maximum atomic E-state index is 12.0. The standard InChI is InChI=1S/C15H22NO5P/c1-3-21-22(2,20)10-9-13(15(18)19)16-14(17)11-12-7-5-4-6-8-12/h4-8,13H,3,9-11H2,1-2H3,(H,16,17)(H,18,19). The second-order valence-electron chi connectivity index (χ2n) is 5.06. The van der Waals surface area contributed by atoms with Gasteiger partial charge in [-0.3, -0.25) is 9.36 Å². The second-order valence-corrected chi connectivity index (χ2v) is 7.80. The van der Waals surface area contributed by atoms with Crippen molar-refractivity contribution in [1.82, 2.24) is 5.32 Å². The summed E-state index contributed by atoms with van der Waals surface area (Å²) in [4.78, 5) is 23.1. The molecular formula is C15H22NO5P. The Balaban J connectivity index is 2.55. The van der Waals surface area contributed by atoms with E-state index in [0.717, 1.165) is 5.56 Å². The first kappa shape index (κ1) is 18.4. The lowest BCUT2D eigenvalue weighted by atomic mass is 10.1. The first-order chi connectivity index (χ1) is 10.3. The first-order valence-electron chi connectivity index (χ1n) is 7.11. The first-order valence-corrected chi connectivity index (χ1v) is 9.37. The van der Waals surface area contributed by atoms with Crippen LogP contribution >= 0.6 is 7.37 Å². The van der Waals surface area contributed by atoms with Gasteiger partial charge in [0.2, 0.25) is 5.91 Å². The number of benzene rings is 1. The van der Waals surface area contributed by atoms with Gasteiger partial charge in [-0.05, 0) is 18.9 Å². The minimum absolute atomic E-state index is 0.0731. The average molecular weight is 327 g/mol. The molecule has 2 N–H and O–H groups in total. The fourth-order valence-electron chi connectivity index (χ4n) is 1.99. The van der Waals surface area contributed by atoms with Crippen LogP contribution in [0.25, 0.3) is 0 Å². The summed E-state index contributed by atoms with van der Waals surface area (Å²) in [5, 5.41) is 11.6. The predicted octanol–water partition coefficient (Wildman–Crippen LogP) is 2.13. The van der Waals surface area contributed by atoms with Crippen LogP contribution in [0.4, 0.5) is 0 Å². The summed E-state index contributed by atoms with van der Waals surface area (Å²) < 4.78 is 17.1. The molecule has 0 heterocycles. The van der Waals surface area contributed by atoms with Crippen LogP contribution in [0.3, 0.4) is 0 Å².